The van der Waals surface area contributed by atoms with E-state index in [9.17, 15) is 14.0 Å². The summed E-state index contributed by atoms with van der Waals surface area (Å²) in [6.07, 6.45) is 0.669. The maximum atomic E-state index is 13.4. The molecule has 0 radical (unpaired) electrons. The summed E-state index contributed by atoms with van der Waals surface area (Å²) in [7, 11) is 3.21. The van der Waals surface area contributed by atoms with Crippen molar-refractivity contribution in [1.82, 2.24) is 10.2 Å². The number of rotatable bonds is 9. The molecule has 182 valence electrons. The average molecular weight is 477 g/mol. The number of hydrogen-bond donors (Lipinski definition) is 1. The fourth-order valence-corrected chi connectivity index (χ4v) is 4.29. The Morgan fingerprint density at radius 3 is 2.11 bits per heavy atom. The van der Waals surface area contributed by atoms with Crippen molar-refractivity contribution in [3.63, 3.8) is 0 Å². The predicted octanol–water partition coefficient (Wildman–Crippen LogP) is 4.29. The Morgan fingerprint density at radius 2 is 1.51 bits per heavy atom. The van der Waals surface area contributed by atoms with E-state index in [0.717, 1.165) is 28.2 Å². The highest BCUT2D eigenvalue weighted by molar-refractivity contribution is 5.89. The summed E-state index contributed by atoms with van der Waals surface area (Å²) in [6, 6.07) is 21.0. The van der Waals surface area contributed by atoms with Gasteiger partial charge in [-0.2, -0.15) is 0 Å². The third kappa shape index (κ3) is 6.18. The van der Waals surface area contributed by atoms with Crippen molar-refractivity contribution in [3.05, 3.63) is 95.3 Å². The molecule has 1 aliphatic heterocycles. The van der Waals surface area contributed by atoms with Crippen LogP contribution in [0.5, 0.6) is 11.5 Å². The van der Waals surface area contributed by atoms with Crippen molar-refractivity contribution in [2.75, 3.05) is 20.8 Å². The van der Waals surface area contributed by atoms with Gasteiger partial charge in [0, 0.05) is 19.5 Å². The molecular formula is C28H29FN2O4. The van der Waals surface area contributed by atoms with E-state index in [2.05, 4.69) is 5.32 Å². The first-order valence-corrected chi connectivity index (χ1v) is 11.5. The van der Waals surface area contributed by atoms with Crippen LogP contribution in [0.25, 0.3) is 0 Å². The third-order valence-corrected chi connectivity index (χ3v) is 6.31. The van der Waals surface area contributed by atoms with Crippen molar-refractivity contribution in [1.29, 1.82) is 0 Å². The summed E-state index contributed by atoms with van der Waals surface area (Å²) in [5.74, 6) is 0.523. The van der Waals surface area contributed by atoms with Crippen LogP contribution in [0.2, 0.25) is 0 Å². The fourth-order valence-electron chi connectivity index (χ4n) is 4.29. The number of ether oxygens (including phenoxy) is 2. The Balaban J connectivity index is 1.45. The van der Waals surface area contributed by atoms with Gasteiger partial charge in [-0.25, -0.2) is 4.39 Å². The van der Waals surface area contributed by atoms with Crippen LogP contribution in [-0.2, 0) is 22.6 Å². The quantitative estimate of drug-likeness (QED) is 0.500. The summed E-state index contributed by atoms with van der Waals surface area (Å²) < 4.78 is 23.8. The number of benzene rings is 3. The SMILES string of the molecule is COc1ccc(CN2CC(C(=O)NC(Cc3ccc(F)cc3)c3ccc(OC)cc3)CC2=O)cc1. The van der Waals surface area contributed by atoms with E-state index in [4.69, 9.17) is 9.47 Å². The van der Waals surface area contributed by atoms with E-state index in [0.29, 0.717) is 19.5 Å². The molecule has 2 unspecified atom stereocenters. The summed E-state index contributed by atoms with van der Waals surface area (Å²) in [6.45, 7) is 0.812. The second-order valence-corrected chi connectivity index (χ2v) is 8.69. The highest BCUT2D eigenvalue weighted by atomic mass is 19.1. The number of amides is 2. The molecule has 0 spiro atoms. The summed E-state index contributed by atoms with van der Waals surface area (Å²) in [4.78, 5) is 27.6. The molecule has 2 amide bonds. The largest absolute Gasteiger partial charge is 0.497 e. The zero-order valence-electron chi connectivity index (χ0n) is 19.9. The van der Waals surface area contributed by atoms with Crippen LogP contribution < -0.4 is 14.8 Å². The molecule has 0 aliphatic carbocycles. The Labute approximate surface area is 204 Å². The molecule has 1 aliphatic rings. The zero-order chi connectivity index (χ0) is 24.8. The summed E-state index contributed by atoms with van der Waals surface area (Å²) in [5, 5.41) is 3.13. The van der Waals surface area contributed by atoms with Crippen LogP contribution in [-0.4, -0.2) is 37.5 Å². The highest BCUT2D eigenvalue weighted by Crippen LogP contribution is 2.25. The van der Waals surface area contributed by atoms with Crippen LogP contribution in [0.4, 0.5) is 4.39 Å². The molecule has 3 aromatic carbocycles. The van der Waals surface area contributed by atoms with E-state index >= 15 is 0 Å². The Bertz CT molecular complexity index is 1150. The molecule has 2 atom stereocenters. The monoisotopic (exact) mass is 476 g/mol. The van der Waals surface area contributed by atoms with E-state index < -0.39 is 5.92 Å². The van der Waals surface area contributed by atoms with Crippen LogP contribution >= 0.6 is 0 Å². The lowest BCUT2D eigenvalue weighted by Crippen LogP contribution is -2.36. The first kappa shape index (κ1) is 24.3. The minimum absolute atomic E-state index is 0.0412. The van der Waals surface area contributed by atoms with E-state index in [1.165, 1.54) is 12.1 Å². The smallest absolute Gasteiger partial charge is 0.225 e. The Hall–Kier alpha value is -3.87. The minimum Gasteiger partial charge on any atom is -0.497 e. The van der Waals surface area contributed by atoms with Crippen molar-refractivity contribution in [3.8, 4) is 11.5 Å². The summed E-state index contributed by atoms with van der Waals surface area (Å²) >= 11 is 0. The van der Waals surface area contributed by atoms with Gasteiger partial charge in [-0.1, -0.05) is 36.4 Å². The Kier molecular flexibility index (Phi) is 7.65. The zero-order valence-corrected chi connectivity index (χ0v) is 19.9. The second kappa shape index (κ2) is 11.0. The van der Waals surface area contributed by atoms with Crippen molar-refractivity contribution >= 4 is 11.8 Å². The van der Waals surface area contributed by atoms with E-state index in [1.807, 2.05) is 48.5 Å². The lowest BCUT2D eigenvalue weighted by atomic mass is 9.97. The van der Waals surface area contributed by atoms with E-state index in [-0.39, 0.29) is 30.1 Å². The van der Waals surface area contributed by atoms with Gasteiger partial charge in [0.2, 0.25) is 11.8 Å². The number of nitrogens with zero attached hydrogens (tertiary/aromatic N) is 1. The van der Waals surface area contributed by atoms with Gasteiger partial charge in [-0.05, 0) is 59.5 Å². The first-order chi connectivity index (χ1) is 16.9. The fraction of sp³-hybridized carbons (Fsp3) is 0.286. The van der Waals surface area contributed by atoms with Crippen LogP contribution in [0.3, 0.4) is 0 Å². The van der Waals surface area contributed by atoms with Gasteiger partial charge in [-0.3, -0.25) is 9.59 Å². The van der Waals surface area contributed by atoms with Gasteiger partial charge in [0.1, 0.15) is 17.3 Å². The van der Waals surface area contributed by atoms with Crippen LogP contribution in [0.15, 0.2) is 72.8 Å². The first-order valence-electron chi connectivity index (χ1n) is 11.5. The van der Waals surface area contributed by atoms with Crippen LogP contribution in [0, 0.1) is 11.7 Å². The number of carbonyl (C=O) groups is 2. The molecular weight excluding hydrogens is 447 g/mol. The van der Waals surface area contributed by atoms with Crippen molar-refractivity contribution in [2.24, 2.45) is 5.92 Å². The molecule has 1 fully saturated rings. The van der Waals surface area contributed by atoms with Crippen molar-refractivity contribution < 1.29 is 23.5 Å². The average Bonchev–Trinajstić information content (AvgIpc) is 3.25. The molecule has 6 nitrogen and oxygen atoms in total. The van der Waals surface area contributed by atoms with Gasteiger partial charge in [0.25, 0.3) is 0 Å². The molecule has 1 saturated heterocycles. The molecule has 0 saturated carbocycles. The molecule has 7 heteroatoms. The number of likely N-dealkylation sites (tertiary alicyclic amines) is 1. The highest BCUT2D eigenvalue weighted by Gasteiger charge is 2.35. The lowest BCUT2D eigenvalue weighted by molar-refractivity contribution is -0.129. The third-order valence-electron chi connectivity index (χ3n) is 6.31. The number of nitrogens with one attached hydrogen (secondary N) is 1. The number of methoxy groups -OCH3 is 2. The molecule has 0 bridgehead atoms. The van der Waals surface area contributed by atoms with Crippen molar-refractivity contribution in [2.45, 2.75) is 25.4 Å². The molecule has 4 rings (SSSR count). The van der Waals surface area contributed by atoms with Crippen LogP contribution in [0.1, 0.15) is 29.2 Å². The number of carbonyl (C=O) groups excluding carboxylic acids is 2. The lowest BCUT2D eigenvalue weighted by Gasteiger charge is -2.22. The maximum absolute atomic E-state index is 13.4. The molecule has 1 N–H and O–H groups in total. The van der Waals surface area contributed by atoms with Gasteiger partial charge in [0.15, 0.2) is 0 Å². The molecule has 1 heterocycles. The summed E-state index contributed by atoms with van der Waals surface area (Å²) in [5.41, 5.74) is 2.78. The standard InChI is InChI=1S/C28H29FN2O4/c1-34-24-11-5-20(6-12-24)17-31-18-22(16-27(31)32)28(33)30-26(15-19-3-9-23(29)10-4-19)21-7-13-25(35-2)14-8-21/h3-14,22,26H,15-18H2,1-2H3,(H,30,33). The minimum atomic E-state index is -0.435. The second-order valence-electron chi connectivity index (χ2n) is 8.69. The topological polar surface area (TPSA) is 67.9 Å². The number of hydrogen-bond acceptors (Lipinski definition) is 4. The molecule has 0 aromatic heterocycles. The molecule has 35 heavy (non-hydrogen) atoms. The van der Waals surface area contributed by atoms with E-state index in [1.54, 1.807) is 31.3 Å². The van der Waals surface area contributed by atoms with Gasteiger partial charge < -0.3 is 19.7 Å². The van der Waals surface area contributed by atoms with Gasteiger partial charge in [-0.15, -0.1) is 0 Å². The Morgan fingerprint density at radius 1 is 0.943 bits per heavy atom. The maximum Gasteiger partial charge on any atom is 0.225 e. The van der Waals surface area contributed by atoms with Gasteiger partial charge in [0.05, 0.1) is 26.2 Å². The predicted molar refractivity (Wildman–Crippen MR) is 130 cm³/mol. The van der Waals surface area contributed by atoms with Gasteiger partial charge >= 0.3 is 0 Å². The molecule has 3 aromatic rings. The normalized spacial score (nSPS) is 16.1. The number of halogens is 1.